The van der Waals surface area contributed by atoms with E-state index in [1.165, 1.54) is 19.3 Å². The van der Waals surface area contributed by atoms with Crippen LogP contribution in [0.15, 0.2) is 0 Å². The molecular weight excluding hydrogens is 216 g/mol. The average molecular weight is 240 g/mol. The highest BCUT2D eigenvalue weighted by Crippen LogP contribution is 2.44. The highest BCUT2D eigenvalue weighted by atomic mass is 16.6. The van der Waals surface area contributed by atoms with E-state index in [2.05, 4.69) is 10.6 Å². The van der Waals surface area contributed by atoms with Gasteiger partial charge in [-0.2, -0.15) is 0 Å². The molecule has 0 bridgehead atoms. The molecule has 0 amide bonds. The van der Waals surface area contributed by atoms with Gasteiger partial charge in [-0.15, -0.1) is 0 Å². The summed E-state index contributed by atoms with van der Waals surface area (Å²) in [5.74, 6) is 0.541. The van der Waals surface area contributed by atoms with Gasteiger partial charge in [0.2, 0.25) is 0 Å². The van der Waals surface area contributed by atoms with Crippen LogP contribution in [0.1, 0.15) is 40.0 Å². The van der Waals surface area contributed by atoms with Crippen LogP contribution in [-0.2, 0) is 9.53 Å². The SMILES string of the molecule is CC(C)(C)OC(=O)CNC1([C@@H]2CCNC2)CC1. The van der Waals surface area contributed by atoms with Crippen LogP contribution < -0.4 is 10.6 Å². The first-order valence-corrected chi connectivity index (χ1v) is 6.59. The maximum atomic E-state index is 11.6. The molecule has 1 saturated heterocycles. The molecule has 17 heavy (non-hydrogen) atoms. The van der Waals surface area contributed by atoms with E-state index in [4.69, 9.17) is 4.74 Å². The number of hydrogen-bond acceptors (Lipinski definition) is 4. The van der Waals surface area contributed by atoms with Crippen LogP contribution >= 0.6 is 0 Å². The summed E-state index contributed by atoms with van der Waals surface area (Å²) in [7, 11) is 0. The molecule has 1 aliphatic heterocycles. The number of nitrogens with one attached hydrogen (secondary N) is 2. The molecule has 0 unspecified atom stereocenters. The second-order valence-corrected chi connectivity index (χ2v) is 6.29. The van der Waals surface area contributed by atoms with E-state index in [-0.39, 0.29) is 17.1 Å². The Balaban J connectivity index is 1.76. The fourth-order valence-electron chi connectivity index (χ4n) is 2.62. The Hall–Kier alpha value is -0.610. The number of ether oxygens (including phenoxy) is 1. The van der Waals surface area contributed by atoms with Crippen LogP contribution in [0.2, 0.25) is 0 Å². The largest absolute Gasteiger partial charge is 0.459 e. The van der Waals surface area contributed by atoms with Crippen LogP contribution in [0, 0.1) is 5.92 Å². The van der Waals surface area contributed by atoms with Crippen LogP contribution in [0.3, 0.4) is 0 Å². The fraction of sp³-hybridized carbons (Fsp3) is 0.923. The highest BCUT2D eigenvalue weighted by molar-refractivity contribution is 5.72. The van der Waals surface area contributed by atoms with E-state index < -0.39 is 0 Å². The smallest absolute Gasteiger partial charge is 0.320 e. The zero-order chi connectivity index (χ0) is 12.5. The van der Waals surface area contributed by atoms with Crippen molar-refractivity contribution in [3.63, 3.8) is 0 Å². The molecule has 0 spiro atoms. The molecule has 0 radical (unpaired) electrons. The van der Waals surface area contributed by atoms with Crippen molar-refractivity contribution in [3.8, 4) is 0 Å². The molecule has 0 aromatic rings. The normalized spacial score (nSPS) is 26.9. The van der Waals surface area contributed by atoms with Crippen LogP contribution in [0.25, 0.3) is 0 Å². The lowest BCUT2D eigenvalue weighted by Gasteiger charge is -2.25. The Morgan fingerprint density at radius 2 is 2.18 bits per heavy atom. The van der Waals surface area contributed by atoms with E-state index in [0.717, 1.165) is 13.1 Å². The van der Waals surface area contributed by atoms with E-state index in [1.807, 2.05) is 20.8 Å². The summed E-state index contributed by atoms with van der Waals surface area (Å²) in [4.78, 5) is 11.6. The summed E-state index contributed by atoms with van der Waals surface area (Å²) in [6.07, 6.45) is 3.62. The first kappa shape index (κ1) is 12.8. The third-order valence-corrected chi connectivity index (χ3v) is 3.64. The van der Waals surface area contributed by atoms with Crippen molar-refractivity contribution in [2.24, 2.45) is 5.92 Å². The first-order chi connectivity index (χ1) is 7.91. The van der Waals surface area contributed by atoms with Crippen molar-refractivity contribution < 1.29 is 9.53 Å². The van der Waals surface area contributed by atoms with Gasteiger partial charge in [0.05, 0.1) is 6.54 Å². The Bertz CT molecular complexity index is 286. The van der Waals surface area contributed by atoms with Gasteiger partial charge in [-0.3, -0.25) is 4.79 Å². The van der Waals surface area contributed by atoms with Crippen molar-refractivity contribution in [2.45, 2.75) is 51.2 Å². The standard InChI is InChI=1S/C13H24N2O2/c1-12(2,3)17-11(16)9-15-13(5-6-13)10-4-7-14-8-10/h10,14-15H,4-9H2,1-3H3/t10-/m1/s1. The third-order valence-electron chi connectivity index (χ3n) is 3.64. The van der Waals surface area contributed by atoms with Crippen LogP contribution in [-0.4, -0.2) is 36.7 Å². The summed E-state index contributed by atoms with van der Waals surface area (Å²) < 4.78 is 5.31. The van der Waals surface area contributed by atoms with E-state index in [9.17, 15) is 4.79 Å². The molecule has 0 aromatic carbocycles. The molecule has 2 fully saturated rings. The lowest BCUT2D eigenvalue weighted by Crippen LogP contribution is -2.43. The van der Waals surface area contributed by atoms with Crippen molar-refractivity contribution in [2.75, 3.05) is 19.6 Å². The van der Waals surface area contributed by atoms with Crippen molar-refractivity contribution in [3.05, 3.63) is 0 Å². The maximum absolute atomic E-state index is 11.6. The summed E-state index contributed by atoms with van der Waals surface area (Å²) in [5.41, 5.74) is -0.162. The van der Waals surface area contributed by atoms with E-state index >= 15 is 0 Å². The maximum Gasteiger partial charge on any atom is 0.320 e. The molecule has 1 atom stereocenters. The van der Waals surface area contributed by atoms with E-state index in [0.29, 0.717) is 12.5 Å². The Morgan fingerprint density at radius 1 is 1.47 bits per heavy atom. The molecule has 4 heteroatoms. The minimum atomic E-state index is -0.385. The van der Waals surface area contributed by atoms with Crippen LogP contribution in [0.4, 0.5) is 0 Å². The van der Waals surface area contributed by atoms with Crippen LogP contribution in [0.5, 0.6) is 0 Å². The molecule has 2 rings (SSSR count). The fourth-order valence-corrected chi connectivity index (χ4v) is 2.62. The quantitative estimate of drug-likeness (QED) is 0.722. The molecule has 1 heterocycles. The number of carbonyl (C=O) groups is 1. The number of hydrogen-bond donors (Lipinski definition) is 2. The summed E-state index contributed by atoms with van der Waals surface area (Å²) in [6, 6.07) is 0. The lowest BCUT2D eigenvalue weighted by molar-refractivity contribution is -0.153. The molecule has 2 aliphatic rings. The Morgan fingerprint density at radius 3 is 2.65 bits per heavy atom. The van der Waals surface area contributed by atoms with Gasteiger partial charge in [0, 0.05) is 5.54 Å². The van der Waals surface area contributed by atoms with Gasteiger partial charge < -0.3 is 15.4 Å². The highest BCUT2D eigenvalue weighted by Gasteiger charge is 2.49. The molecular formula is C13H24N2O2. The van der Waals surface area contributed by atoms with Gasteiger partial charge in [-0.05, 0) is 59.0 Å². The summed E-state index contributed by atoms with van der Waals surface area (Å²) in [6.45, 7) is 8.24. The minimum Gasteiger partial charge on any atom is -0.459 e. The van der Waals surface area contributed by atoms with Gasteiger partial charge in [0.15, 0.2) is 0 Å². The number of rotatable bonds is 4. The second-order valence-electron chi connectivity index (χ2n) is 6.29. The lowest BCUT2D eigenvalue weighted by atomic mass is 9.96. The Kier molecular flexibility index (Phi) is 3.46. The summed E-state index contributed by atoms with van der Waals surface area (Å²) in [5, 5.41) is 6.81. The number of carbonyl (C=O) groups excluding carboxylic acids is 1. The van der Waals surface area contributed by atoms with Crippen molar-refractivity contribution in [1.82, 2.24) is 10.6 Å². The molecule has 1 aliphatic carbocycles. The van der Waals surface area contributed by atoms with Crippen molar-refractivity contribution >= 4 is 5.97 Å². The first-order valence-electron chi connectivity index (χ1n) is 6.59. The molecule has 98 valence electrons. The number of esters is 1. The monoisotopic (exact) mass is 240 g/mol. The topological polar surface area (TPSA) is 50.4 Å². The van der Waals surface area contributed by atoms with E-state index in [1.54, 1.807) is 0 Å². The molecule has 0 aromatic heterocycles. The molecule has 1 saturated carbocycles. The van der Waals surface area contributed by atoms with Crippen molar-refractivity contribution in [1.29, 1.82) is 0 Å². The predicted octanol–water partition coefficient (Wildman–Crippen LogP) is 1.06. The molecule has 2 N–H and O–H groups in total. The summed E-state index contributed by atoms with van der Waals surface area (Å²) >= 11 is 0. The Labute approximate surface area is 103 Å². The van der Waals surface area contributed by atoms with Gasteiger partial charge >= 0.3 is 5.97 Å². The zero-order valence-corrected chi connectivity index (χ0v) is 11.1. The zero-order valence-electron chi connectivity index (χ0n) is 11.1. The van der Waals surface area contributed by atoms with Gasteiger partial charge in [0.25, 0.3) is 0 Å². The van der Waals surface area contributed by atoms with Gasteiger partial charge in [0.1, 0.15) is 5.60 Å². The van der Waals surface area contributed by atoms with Gasteiger partial charge in [-0.25, -0.2) is 0 Å². The predicted molar refractivity (Wildman–Crippen MR) is 66.8 cm³/mol. The third kappa shape index (κ3) is 3.42. The second kappa shape index (κ2) is 4.58. The minimum absolute atomic E-state index is 0.144. The average Bonchev–Trinajstić information content (AvgIpc) is 2.78. The van der Waals surface area contributed by atoms with Gasteiger partial charge in [-0.1, -0.05) is 0 Å². The molecule has 4 nitrogen and oxygen atoms in total.